The van der Waals surface area contributed by atoms with Crippen molar-refractivity contribution in [3.8, 4) is 5.75 Å². The molecular formula is C19H23NO2. The fraction of sp³-hybridized carbons (Fsp3) is 0.316. The largest absolute Gasteiger partial charge is 0.488 e. The van der Waals surface area contributed by atoms with E-state index in [-0.39, 0.29) is 5.91 Å². The Balaban J connectivity index is 2.10. The van der Waals surface area contributed by atoms with Gasteiger partial charge in [0.05, 0.1) is 5.56 Å². The number of rotatable bonds is 5. The number of hydrogen-bond acceptors (Lipinski definition) is 2. The van der Waals surface area contributed by atoms with Crippen molar-refractivity contribution in [2.24, 2.45) is 0 Å². The Morgan fingerprint density at radius 3 is 2.27 bits per heavy atom. The number of hydrogen-bond donors (Lipinski definition) is 0. The minimum atomic E-state index is -0.0502. The molecule has 0 atom stereocenters. The van der Waals surface area contributed by atoms with E-state index in [1.165, 1.54) is 5.56 Å². The van der Waals surface area contributed by atoms with Crippen molar-refractivity contribution in [1.82, 2.24) is 4.90 Å². The lowest BCUT2D eigenvalue weighted by Crippen LogP contribution is -2.22. The SMILES string of the molecule is CC(C)c1ccc(COc2ccccc2C(=O)N(C)C)cc1. The quantitative estimate of drug-likeness (QED) is 0.832. The van der Waals surface area contributed by atoms with Crippen LogP contribution in [0.2, 0.25) is 0 Å². The number of carbonyl (C=O) groups excluding carboxylic acids is 1. The predicted octanol–water partition coefficient (Wildman–Crippen LogP) is 4.09. The summed E-state index contributed by atoms with van der Waals surface area (Å²) in [6, 6.07) is 15.8. The van der Waals surface area contributed by atoms with Gasteiger partial charge in [-0.25, -0.2) is 0 Å². The first-order valence-electron chi connectivity index (χ1n) is 7.51. The van der Waals surface area contributed by atoms with Crippen LogP contribution in [0.1, 0.15) is 41.3 Å². The number of ether oxygens (including phenoxy) is 1. The van der Waals surface area contributed by atoms with Crippen LogP contribution in [-0.2, 0) is 6.61 Å². The highest BCUT2D eigenvalue weighted by Gasteiger charge is 2.13. The van der Waals surface area contributed by atoms with Crippen LogP contribution in [0.3, 0.4) is 0 Å². The fourth-order valence-corrected chi connectivity index (χ4v) is 2.17. The molecule has 0 N–H and O–H groups in total. The molecule has 0 aliphatic heterocycles. The summed E-state index contributed by atoms with van der Waals surface area (Å²) in [6.07, 6.45) is 0. The van der Waals surface area contributed by atoms with Crippen molar-refractivity contribution in [2.45, 2.75) is 26.4 Å². The molecule has 0 heterocycles. The van der Waals surface area contributed by atoms with Crippen LogP contribution in [0.4, 0.5) is 0 Å². The van der Waals surface area contributed by atoms with Crippen LogP contribution in [-0.4, -0.2) is 24.9 Å². The molecule has 116 valence electrons. The minimum absolute atomic E-state index is 0.0502. The summed E-state index contributed by atoms with van der Waals surface area (Å²) < 4.78 is 5.85. The second kappa shape index (κ2) is 7.12. The summed E-state index contributed by atoms with van der Waals surface area (Å²) in [5, 5.41) is 0. The number of carbonyl (C=O) groups is 1. The Bertz CT molecular complexity index is 630. The molecule has 0 unspecified atom stereocenters. The number of para-hydroxylation sites is 1. The second-order valence-corrected chi connectivity index (χ2v) is 5.88. The lowest BCUT2D eigenvalue weighted by atomic mass is 10.0. The molecular weight excluding hydrogens is 274 g/mol. The van der Waals surface area contributed by atoms with E-state index in [1.807, 2.05) is 18.2 Å². The maximum absolute atomic E-state index is 12.1. The van der Waals surface area contributed by atoms with Gasteiger partial charge in [0.25, 0.3) is 5.91 Å². The van der Waals surface area contributed by atoms with Gasteiger partial charge in [-0.05, 0) is 29.2 Å². The maximum Gasteiger partial charge on any atom is 0.257 e. The molecule has 2 aromatic carbocycles. The topological polar surface area (TPSA) is 29.5 Å². The zero-order chi connectivity index (χ0) is 16.1. The van der Waals surface area contributed by atoms with Gasteiger partial charge in [0.15, 0.2) is 0 Å². The van der Waals surface area contributed by atoms with E-state index in [9.17, 15) is 4.79 Å². The minimum Gasteiger partial charge on any atom is -0.488 e. The van der Waals surface area contributed by atoms with Gasteiger partial charge in [-0.15, -0.1) is 0 Å². The van der Waals surface area contributed by atoms with E-state index in [0.717, 1.165) is 5.56 Å². The highest BCUT2D eigenvalue weighted by atomic mass is 16.5. The molecule has 0 aliphatic carbocycles. The Morgan fingerprint density at radius 1 is 1.05 bits per heavy atom. The molecule has 0 saturated heterocycles. The predicted molar refractivity (Wildman–Crippen MR) is 89.3 cm³/mol. The first-order chi connectivity index (χ1) is 10.5. The molecule has 0 radical (unpaired) electrons. The average Bonchev–Trinajstić information content (AvgIpc) is 2.52. The van der Waals surface area contributed by atoms with Crippen LogP contribution in [0.5, 0.6) is 5.75 Å². The maximum atomic E-state index is 12.1. The number of nitrogens with zero attached hydrogens (tertiary/aromatic N) is 1. The van der Waals surface area contributed by atoms with Crippen LogP contribution < -0.4 is 4.74 Å². The third kappa shape index (κ3) is 3.88. The summed E-state index contributed by atoms with van der Waals surface area (Å²) in [4.78, 5) is 13.7. The van der Waals surface area contributed by atoms with Crippen LogP contribution in [0, 0.1) is 0 Å². The fourth-order valence-electron chi connectivity index (χ4n) is 2.17. The van der Waals surface area contributed by atoms with Gasteiger partial charge in [0.1, 0.15) is 12.4 Å². The van der Waals surface area contributed by atoms with E-state index >= 15 is 0 Å². The first kappa shape index (κ1) is 16.1. The summed E-state index contributed by atoms with van der Waals surface area (Å²) >= 11 is 0. The van der Waals surface area contributed by atoms with Crippen molar-refractivity contribution in [1.29, 1.82) is 0 Å². The molecule has 2 aromatic rings. The molecule has 3 heteroatoms. The summed E-state index contributed by atoms with van der Waals surface area (Å²) in [5.74, 6) is 1.09. The molecule has 0 spiro atoms. The van der Waals surface area contributed by atoms with Gasteiger partial charge in [-0.2, -0.15) is 0 Å². The Labute approximate surface area is 132 Å². The van der Waals surface area contributed by atoms with Gasteiger partial charge >= 0.3 is 0 Å². The van der Waals surface area contributed by atoms with Crippen LogP contribution in [0.15, 0.2) is 48.5 Å². The molecule has 0 aromatic heterocycles. The summed E-state index contributed by atoms with van der Waals surface area (Å²) in [5.41, 5.74) is 3.00. The molecule has 3 nitrogen and oxygen atoms in total. The van der Waals surface area contributed by atoms with E-state index in [4.69, 9.17) is 4.74 Å². The smallest absolute Gasteiger partial charge is 0.257 e. The van der Waals surface area contributed by atoms with Crippen molar-refractivity contribution < 1.29 is 9.53 Å². The molecule has 22 heavy (non-hydrogen) atoms. The van der Waals surface area contributed by atoms with Gasteiger partial charge in [0.2, 0.25) is 0 Å². The molecule has 0 aliphatic rings. The van der Waals surface area contributed by atoms with E-state index < -0.39 is 0 Å². The average molecular weight is 297 g/mol. The molecule has 2 rings (SSSR count). The third-order valence-electron chi connectivity index (χ3n) is 3.56. The second-order valence-electron chi connectivity index (χ2n) is 5.88. The Morgan fingerprint density at radius 2 is 1.68 bits per heavy atom. The van der Waals surface area contributed by atoms with Crippen molar-refractivity contribution in [3.05, 3.63) is 65.2 Å². The molecule has 0 saturated carbocycles. The van der Waals surface area contributed by atoms with Crippen molar-refractivity contribution >= 4 is 5.91 Å². The highest BCUT2D eigenvalue weighted by molar-refractivity contribution is 5.96. The van der Waals surface area contributed by atoms with Crippen molar-refractivity contribution in [3.63, 3.8) is 0 Å². The normalized spacial score (nSPS) is 10.6. The van der Waals surface area contributed by atoms with Gasteiger partial charge < -0.3 is 9.64 Å². The first-order valence-corrected chi connectivity index (χ1v) is 7.51. The van der Waals surface area contributed by atoms with Gasteiger partial charge in [0, 0.05) is 14.1 Å². The van der Waals surface area contributed by atoms with E-state index in [1.54, 1.807) is 25.1 Å². The van der Waals surface area contributed by atoms with Gasteiger partial charge in [-0.1, -0.05) is 50.2 Å². The lowest BCUT2D eigenvalue weighted by Gasteiger charge is -2.15. The van der Waals surface area contributed by atoms with Gasteiger partial charge in [-0.3, -0.25) is 4.79 Å². The summed E-state index contributed by atoms with van der Waals surface area (Å²) in [7, 11) is 3.48. The van der Waals surface area contributed by atoms with Crippen LogP contribution in [0.25, 0.3) is 0 Å². The number of amides is 1. The molecule has 0 fully saturated rings. The monoisotopic (exact) mass is 297 g/mol. The van der Waals surface area contributed by atoms with Crippen molar-refractivity contribution in [2.75, 3.05) is 14.1 Å². The Hall–Kier alpha value is -2.29. The van der Waals surface area contributed by atoms with Crippen LogP contribution >= 0.6 is 0 Å². The zero-order valence-corrected chi connectivity index (χ0v) is 13.7. The molecule has 0 bridgehead atoms. The standard InChI is InChI=1S/C19H23NO2/c1-14(2)16-11-9-15(10-12-16)13-22-18-8-6-5-7-17(18)19(21)20(3)4/h5-12,14H,13H2,1-4H3. The third-order valence-corrected chi connectivity index (χ3v) is 3.56. The van der Waals surface area contributed by atoms with E-state index in [2.05, 4.69) is 38.1 Å². The van der Waals surface area contributed by atoms with E-state index in [0.29, 0.717) is 23.8 Å². The lowest BCUT2D eigenvalue weighted by molar-refractivity contribution is 0.0822. The highest BCUT2D eigenvalue weighted by Crippen LogP contribution is 2.21. The zero-order valence-electron chi connectivity index (χ0n) is 13.7. The molecule has 1 amide bonds. The number of benzene rings is 2. The Kier molecular flexibility index (Phi) is 5.21. The summed E-state index contributed by atoms with van der Waals surface area (Å²) in [6.45, 7) is 4.80.